The second kappa shape index (κ2) is 5.99. The van der Waals surface area contributed by atoms with Crippen LogP contribution in [0.2, 0.25) is 0 Å². The summed E-state index contributed by atoms with van der Waals surface area (Å²) in [6.07, 6.45) is 0. The minimum absolute atomic E-state index is 0.0118. The van der Waals surface area contributed by atoms with Gasteiger partial charge in [0.15, 0.2) is 0 Å². The van der Waals surface area contributed by atoms with Crippen LogP contribution in [0.1, 0.15) is 10.4 Å². The number of halogens is 3. The predicted octanol–water partition coefficient (Wildman–Crippen LogP) is 3.36. The highest BCUT2D eigenvalue weighted by atomic mass is 79.9. The first-order chi connectivity index (χ1) is 9.76. The van der Waals surface area contributed by atoms with Crippen molar-refractivity contribution in [2.24, 2.45) is 5.73 Å². The molecule has 114 valence electrons. The standard InChI is InChI=1S/C12H11BrF2N2O2S2/c1-6-5-20-11(4-16)12(6)21(18,19)17-10-3-8(14)7(13)2-9(10)15/h2-3,5,17H,4,16H2,1H3. The first-order valence-corrected chi connectivity index (χ1v) is 8.86. The van der Waals surface area contributed by atoms with Crippen molar-refractivity contribution in [2.75, 3.05) is 4.72 Å². The summed E-state index contributed by atoms with van der Waals surface area (Å²) in [7, 11) is -4.04. The van der Waals surface area contributed by atoms with Crippen LogP contribution >= 0.6 is 27.3 Å². The number of aryl methyl sites for hydroxylation is 1. The molecule has 1 aromatic heterocycles. The molecule has 4 nitrogen and oxygen atoms in total. The van der Waals surface area contributed by atoms with Gasteiger partial charge in [-0.3, -0.25) is 4.72 Å². The van der Waals surface area contributed by atoms with E-state index in [-0.39, 0.29) is 15.9 Å². The number of nitrogens with two attached hydrogens (primary N) is 1. The molecule has 0 bridgehead atoms. The van der Waals surface area contributed by atoms with Gasteiger partial charge in [0.25, 0.3) is 10.0 Å². The van der Waals surface area contributed by atoms with Crippen molar-refractivity contribution in [1.29, 1.82) is 0 Å². The van der Waals surface area contributed by atoms with Crippen LogP contribution in [0.5, 0.6) is 0 Å². The van der Waals surface area contributed by atoms with E-state index >= 15 is 0 Å². The number of benzene rings is 1. The second-order valence-electron chi connectivity index (χ2n) is 4.23. The minimum Gasteiger partial charge on any atom is -0.326 e. The number of sulfonamides is 1. The highest BCUT2D eigenvalue weighted by molar-refractivity contribution is 9.10. The molecular weight excluding hydrogens is 386 g/mol. The topological polar surface area (TPSA) is 72.2 Å². The average Bonchev–Trinajstić information content (AvgIpc) is 2.77. The quantitative estimate of drug-likeness (QED) is 0.778. The fourth-order valence-corrected chi connectivity index (χ4v) is 4.86. The maximum atomic E-state index is 13.7. The van der Waals surface area contributed by atoms with Crippen molar-refractivity contribution in [3.05, 3.63) is 44.1 Å². The highest BCUT2D eigenvalue weighted by Gasteiger charge is 2.24. The fourth-order valence-electron chi connectivity index (χ4n) is 1.79. The molecule has 21 heavy (non-hydrogen) atoms. The van der Waals surface area contributed by atoms with Crippen LogP contribution < -0.4 is 10.5 Å². The van der Waals surface area contributed by atoms with Crippen molar-refractivity contribution in [1.82, 2.24) is 0 Å². The molecule has 1 aromatic carbocycles. The Bertz CT molecular complexity index is 791. The van der Waals surface area contributed by atoms with Gasteiger partial charge in [0, 0.05) is 17.5 Å². The number of nitrogens with one attached hydrogen (secondary N) is 1. The maximum absolute atomic E-state index is 13.7. The van der Waals surface area contributed by atoms with Gasteiger partial charge in [0.1, 0.15) is 16.5 Å². The fraction of sp³-hybridized carbons (Fsp3) is 0.167. The molecule has 0 fully saturated rings. The monoisotopic (exact) mass is 396 g/mol. The third-order valence-electron chi connectivity index (χ3n) is 2.70. The molecule has 2 aromatic rings. The van der Waals surface area contributed by atoms with Crippen LogP contribution in [0.3, 0.4) is 0 Å². The van der Waals surface area contributed by atoms with Crippen LogP contribution in [0.4, 0.5) is 14.5 Å². The number of thiophene rings is 1. The van der Waals surface area contributed by atoms with E-state index in [1.165, 1.54) is 11.3 Å². The van der Waals surface area contributed by atoms with Gasteiger partial charge in [-0.15, -0.1) is 11.3 Å². The average molecular weight is 397 g/mol. The summed E-state index contributed by atoms with van der Waals surface area (Å²) in [5, 5.41) is 1.65. The molecule has 0 aliphatic heterocycles. The van der Waals surface area contributed by atoms with Gasteiger partial charge in [0.05, 0.1) is 10.2 Å². The van der Waals surface area contributed by atoms with E-state index in [1.54, 1.807) is 12.3 Å². The predicted molar refractivity (Wildman–Crippen MR) is 81.8 cm³/mol. The zero-order valence-corrected chi connectivity index (χ0v) is 14.0. The Morgan fingerprint density at radius 2 is 2.00 bits per heavy atom. The van der Waals surface area contributed by atoms with E-state index in [1.807, 2.05) is 0 Å². The Hall–Kier alpha value is -1.03. The normalized spacial score (nSPS) is 11.7. The van der Waals surface area contributed by atoms with Crippen LogP contribution in [-0.4, -0.2) is 8.42 Å². The summed E-state index contributed by atoms with van der Waals surface area (Å²) < 4.78 is 53.9. The largest absolute Gasteiger partial charge is 0.326 e. The van der Waals surface area contributed by atoms with Gasteiger partial charge < -0.3 is 5.73 Å². The number of anilines is 1. The highest BCUT2D eigenvalue weighted by Crippen LogP contribution is 2.30. The van der Waals surface area contributed by atoms with Gasteiger partial charge in [-0.25, -0.2) is 17.2 Å². The van der Waals surface area contributed by atoms with E-state index in [2.05, 4.69) is 20.7 Å². The Labute approximate surface area is 133 Å². The lowest BCUT2D eigenvalue weighted by Gasteiger charge is -2.11. The zero-order valence-electron chi connectivity index (χ0n) is 10.8. The molecule has 0 unspecified atom stereocenters. The van der Waals surface area contributed by atoms with E-state index in [4.69, 9.17) is 5.73 Å². The molecule has 0 aliphatic carbocycles. The zero-order chi connectivity index (χ0) is 15.8. The number of hydrogen-bond donors (Lipinski definition) is 2. The minimum atomic E-state index is -4.04. The molecule has 1 heterocycles. The molecular formula is C12H11BrF2N2O2S2. The van der Waals surface area contributed by atoms with Crippen LogP contribution in [0.15, 0.2) is 26.9 Å². The molecule has 0 spiro atoms. The lowest BCUT2D eigenvalue weighted by molar-refractivity contribution is 0.591. The SMILES string of the molecule is Cc1csc(CN)c1S(=O)(=O)Nc1cc(F)c(Br)cc1F. The van der Waals surface area contributed by atoms with E-state index in [9.17, 15) is 17.2 Å². The van der Waals surface area contributed by atoms with Gasteiger partial charge in [0.2, 0.25) is 0 Å². The molecule has 0 radical (unpaired) electrons. The lowest BCUT2D eigenvalue weighted by Crippen LogP contribution is -2.17. The smallest absolute Gasteiger partial charge is 0.263 e. The van der Waals surface area contributed by atoms with Crippen molar-refractivity contribution >= 4 is 43.0 Å². The molecule has 0 amide bonds. The van der Waals surface area contributed by atoms with Crippen molar-refractivity contribution in [2.45, 2.75) is 18.4 Å². The summed E-state index contributed by atoms with van der Waals surface area (Å²) in [4.78, 5) is 0.468. The van der Waals surface area contributed by atoms with Gasteiger partial charge in [-0.1, -0.05) is 0 Å². The molecule has 9 heteroatoms. The van der Waals surface area contributed by atoms with E-state index in [0.29, 0.717) is 10.4 Å². The summed E-state index contributed by atoms with van der Waals surface area (Å²) in [6, 6.07) is 1.64. The van der Waals surface area contributed by atoms with Gasteiger partial charge >= 0.3 is 0 Å². The Morgan fingerprint density at radius 3 is 2.62 bits per heavy atom. The van der Waals surface area contributed by atoms with E-state index < -0.39 is 27.3 Å². The van der Waals surface area contributed by atoms with Crippen LogP contribution in [0, 0.1) is 18.6 Å². The van der Waals surface area contributed by atoms with Crippen molar-refractivity contribution < 1.29 is 17.2 Å². The Kier molecular flexibility index (Phi) is 4.66. The van der Waals surface area contributed by atoms with E-state index in [0.717, 1.165) is 12.1 Å². The number of hydrogen-bond acceptors (Lipinski definition) is 4. The number of rotatable bonds is 4. The summed E-state index contributed by atoms with van der Waals surface area (Å²) in [5.41, 5.74) is 5.56. The third kappa shape index (κ3) is 3.25. The molecule has 2 rings (SSSR count). The van der Waals surface area contributed by atoms with Gasteiger partial charge in [-0.2, -0.15) is 0 Å². The first-order valence-electron chi connectivity index (χ1n) is 5.70. The van der Waals surface area contributed by atoms with Crippen LogP contribution in [-0.2, 0) is 16.6 Å². The summed E-state index contributed by atoms with van der Waals surface area (Å²) in [6.45, 7) is 1.66. The second-order valence-corrected chi connectivity index (χ2v) is 7.66. The van der Waals surface area contributed by atoms with Crippen molar-refractivity contribution in [3.8, 4) is 0 Å². The van der Waals surface area contributed by atoms with Gasteiger partial charge in [-0.05, 0) is 39.9 Å². The summed E-state index contributed by atoms with van der Waals surface area (Å²) in [5.74, 6) is -1.65. The molecule has 0 aliphatic rings. The Morgan fingerprint density at radius 1 is 1.33 bits per heavy atom. The Balaban J connectivity index is 2.47. The van der Waals surface area contributed by atoms with Crippen molar-refractivity contribution in [3.63, 3.8) is 0 Å². The molecule has 0 saturated heterocycles. The maximum Gasteiger partial charge on any atom is 0.263 e. The third-order valence-corrected chi connectivity index (χ3v) is 6.16. The lowest BCUT2D eigenvalue weighted by atomic mass is 10.3. The first kappa shape index (κ1) is 16.3. The van der Waals surface area contributed by atoms with Crippen LogP contribution in [0.25, 0.3) is 0 Å². The molecule has 0 atom stereocenters. The molecule has 3 N–H and O–H groups in total. The molecule has 0 saturated carbocycles. The summed E-state index contributed by atoms with van der Waals surface area (Å²) >= 11 is 4.03.